The Kier molecular flexibility index (Phi) is 6.12. The van der Waals surface area contributed by atoms with E-state index in [1.54, 1.807) is 19.1 Å². The van der Waals surface area contributed by atoms with Crippen LogP contribution in [0.1, 0.15) is 25.3 Å². The van der Waals surface area contributed by atoms with Crippen LogP contribution in [0.3, 0.4) is 0 Å². The molecule has 20 heavy (non-hydrogen) atoms. The first-order valence-corrected chi connectivity index (χ1v) is 7.81. The zero-order chi connectivity index (χ0) is 15.2. The number of benzene rings is 1. The second-order valence-corrected chi connectivity index (χ2v) is 6.16. The third kappa shape index (κ3) is 4.92. The van der Waals surface area contributed by atoms with Crippen molar-refractivity contribution in [1.29, 1.82) is 0 Å². The van der Waals surface area contributed by atoms with Gasteiger partial charge in [0.2, 0.25) is 10.0 Å². The van der Waals surface area contributed by atoms with E-state index in [-0.39, 0.29) is 17.9 Å². The van der Waals surface area contributed by atoms with Gasteiger partial charge in [0, 0.05) is 12.5 Å². The topological polar surface area (TPSA) is 104 Å². The highest BCUT2D eigenvalue weighted by atomic mass is 32.2. The number of carbonyl (C=O) groups is 1. The fourth-order valence-corrected chi connectivity index (χ4v) is 2.93. The number of aliphatic hydroxyl groups excluding tert-OH is 1. The van der Waals surface area contributed by atoms with Crippen molar-refractivity contribution in [3.8, 4) is 0 Å². The number of hydrogen-bond donors (Lipinski definition) is 3. The number of aliphatic carboxylic acids is 1. The molecule has 0 unspecified atom stereocenters. The summed E-state index contributed by atoms with van der Waals surface area (Å²) in [5, 5.41) is 17.6. The van der Waals surface area contributed by atoms with Gasteiger partial charge in [-0.25, -0.2) is 13.1 Å². The van der Waals surface area contributed by atoms with Crippen LogP contribution in [0.25, 0.3) is 0 Å². The molecule has 0 aromatic heterocycles. The number of sulfonamides is 1. The van der Waals surface area contributed by atoms with E-state index in [2.05, 4.69) is 4.72 Å². The van der Waals surface area contributed by atoms with Crippen LogP contribution in [-0.4, -0.2) is 37.2 Å². The number of nitrogens with one attached hydrogen (secondary N) is 1. The lowest BCUT2D eigenvalue weighted by atomic mass is 10.1. The summed E-state index contributed by atoms with van der Waals surface area (Å²) in [7, 11) is -3.66. The first-order chi connectivity index (χ1) is 9.39. The Balaban J connectivity index is 2.78. The van der Waals surface area contributed by atoms with Gasteiger partial charge >= 0.3 is 5.97 Å². The quantitative estimate of drug-likeness (QED) is 0.657. The number of hydrogen-bond acceptors (Lipinski definition) is 4. The second-order valence-electron chi connectivity index (χ2n) is 4.45. The van der Waals surface area contributed by atoms with Crippen molar-refractivity contribution < 1.29 is 23.4 Å². The minimum absolute atomic E-state index is 0.00671. The van der Waals surface area contributed by atoms with Gasteiger partial charge in [-0.1, -0.05) is 19.1 Å². The average molecular weight is 301 g/mol. The molecule has 0 aliphatic rings. The summed E-state index contributed by atoms with van der Waals surface area (Å²) in [6, 6.07) is 5.55. The van der Waals surface area contributed by atoms with Crippen LogP contribution < -0.4 is 4.72 Å². The zero-order valence-electron chi connectivity index (χ0n) is 11.2. The number of aryl methyl sites for hydroxylation is 1. The molecule has 0 saturated heterocycles. The Morgan fingerprint density at radius 1 is 1.30 bits per heavy atom. The lowest BCUT2D eigenvalue weighted by molar-refractivity contribution is -0.136. The molecule has 0 aliphatic carbocycles. The molecule has 1 aromatic carbocycles. The van der Waals surface area contributed by atoms with Crippen LogP contribution in [0.5, 0.6) is 0 Å². The Morgan fingerprint density at radius 3 is 2.35 bits per heavy atom. The Labute approximate surface area is 118 Å². The van der Waals surface area contributed by atoms with Gasteiger partial charge in [-0.3, -0.25) is 4.79 Å². The van der Waals surface area contributed by atoms with Crippen molar-refractivity contribution in [3.05, 3.63) is 29.8 Å². The summed E-state index contributed by atoms with van der Waals surface area (Å²) in [6.45, 7) is 1.52. The number of rotatable bonds is 8. The van der Waals surface area contributed by atoms with Gasteiger partial charge in [0.1, 0.15) is 0 Å². The normalized spacial score (nSPS) is 13.1. The van der Waals surface area contributed by atoms with Crippen LogP contribution in [0.4, 0.5) is 0 Å². The fraction of sp³-hybridized carbons (Fsp3) is 0.462. The standard InChI is InChI=1S/C13H19NO5S/c1-2-11(9-15)14-20(18,19)12-6-3-10(4-7-12)5-8-13(16)17/h3-4,6-7,11,14-15H,2,5,8-9H2,1H3,(H,16,17)/t11-/m0/s1. The van der Waals surface area contributed by atoms with E-state index in [0.717, 1.165) is 5.56 Å². The molecule has 6 nitrogen and oxygen atoms in total. The highest BCUT2D eigenvalue weighted by Crippen LogP contribution is 2.12. The van der Waals surface area contributed by atoms with Gasteiger partial charge in [-0.05, 0) is 30.5 Å². The predicted octanol–water partition coefficient (Wildman–Crippen LogP) is 0.753. The summed E-state index contributed by atoms with van der Waals surface area (Å²) in [5.74, 6) is -0.892. The molecule has 3 N–H and O–H groups in total. The second kappa shape index (κ2) is 7.37. The van der Waals surface area contributed by atoms with Crippen molar-refractivity contribution in [3.63, 3.8) is 0 Å². The van der Waals surface area contributed by atoms with Crippen LogP contribution in [0, 0.1) is 0 Å². The van der Waals surface area contributed by atoms with E-state index >= 15 is 0 Å². The highest BCUT2D eigenvalue weighted by Gasteiger charge is 2.18. The molecule has 7 heteroatoms. The number of carboxylic acid groups (broad SMARTS) is 1. The molecule has 1 aromatic rings. The molecule has 1 atom stereocenters. The summed E-state index contributed by atoms with van der Waals surface area (Å²) >= 11 is 0. The van der Waals surface area contributed by atoms with E-state index < -0.39 is 22.0 Å². The van der Waals surface area contributed by atoms with Crippen molar-refractivity contribution in [2.75, 3.05) is 6.61 Å². The lowest BCUT2D eigenvalue weighted by Gasteiger charge is -2.14. The van der Waals surface area contributed by atoms with Crippen molar-refractivity contribution in [1.82, 2.24) is 4.72 Å². The number of aliphatic hydroxyl groups is 1. The van der Waals surface area contributed by atoms with Gasteiger partial charge in [0.15, 0.2) is 0 Å². The summed E-state index contributed by atoms with van der Waals surface area (Å²) < 4.78 is 26.4. The van der Waals surface area contributed by atoms with E-state index in [4.69, 9.17) is 10.2 Å². The Hall–Kier alpha value is -1.44. The van der Waals surface area contributed by atoms with Gasteiger partial charge in [0.05, 0.1) is 11.5 Å². The summed E-state index contributed by atoms with van der Waals surface area (Å²) in [5.41, 5.74) is 0.764. The number of carboxylic acids is 1. The minimum Gasteiger partial charge on any atom is -0.481 e. The molecule has 0 radical (unpaired) electrons. The molecule has 0 aliphatic heterocycles. The van der Waals surface area contributed by atoms with E-state index in [9.17, 15) is 13.2 Å². The van der Waals surface area contributed by atoms with Gasteiger partial charge in [-0.2, -0.15) is 0 Å². The molecular weight excluding hydrogens is 282 g/mol. The average Bonchev–Trinajstić information content (AvgIpc) is 2.43. The maximum absolute atomic E-state index is 12.0. The van der Waals surface area contributed by atoms with Crippen molar-refractivity contribution in [2.24, 2.45) is 0 Å². The molecule has 0 spiro atoms. The summed E-state index contributed by atoms with van der Waals surface area (Å²) in [4.78, 5) is 10.6. The molecule has 1 rings (SSSR count). The van der Waals surface area contributed by atoms with E-state index in [1.165, 1.54) is 12.1 Å². The Bertz CT molecular complexity index is 534. The van der Waals surface area contributed by atoms with Crippen LogP contribution in [-0.2, 0) is 21.2 Å². The highest BCUT2D eigenvalue weighted by molar-refractivity contribution is 7.89. The van der Waals surface area contributed by atoms with E-state index in [0.29, 0.717) is 12.8 Å². The summed E-state index contributed by atoms with van der Waals surface area (Å²) in [6.07, 6.45) is 0.858. The van der Waals surface area contributed by atoms with Gasteiger partial charge in [-0.15, -0.1) is 0 Å². The van der Waals surface area contributed by atoms with Crippen LogP contribution >= 0.6 is 0 Å². The molecule has 0 amide bonds. The SMILES string of the molecule is CC[C@@H](CO)NS(=O)(=O)c1ccc(CCC(=O)O)cc1. The molecule has 0 bridgehead atoms. The van der Waals surface area contributed by atoms with E-state index in [1.807, 2.05) is 0 Å². The smallest absolute Gasteiger partial charge is 0.303 e. The monoisotopic (exact) mass is 301 g/mol. The first kappa shape index (κ1) is 16.6. The molecule has 0 heterocycles. The zero-order valence-corrected chi connectivity index (χ0v) is 12.1. The van der Waals surface area contributed by atoms with Gasteiger partial charge in [0.25, 0.3) is 0 Å². The predicted molar refractivity (Wildman–Crippen MR) is 73.9 cm³/mol. The largest absolute Gasteiger partial charge is 0.481 e. The maximum atomic E-state index is 12.0. The van der Waals surface area contributed by atoms with Crippen molar-refractivity contribution in [2.45, 2.75) is 37.1 Å². The van der Waals surface area contributed by atoms with Gasteiger partial charge < -0.3 is 10.2 Å². The fourth-order valence-electron chi connectivity index (χ4n) is 1.62. The third-order valence-electron chi connectivity index (χ3n) is 2.90. The third-order valence-corrected chi connectivity index (χ3v) is 4.43. The minimum atomic E-state index is -3.66. The molecule has 0 fully saturated rings. The first-order valence-electron chi connectivity index (χ1n) is 6.33. The molecular formula is C13H19NO5S. The molecule has 0 saturated carbocycles. The molecule has 112 valence electrons. The van der Waals surface area contributed by atoms with Crippen LogP contribution in [0.15, 0.2) is 29.2 Å². The maximum Gasteiger partial charge on any atom is 0.303 e. The Morgan fingerprint density at radius 2 is 1.90 bits per heavy atom. The van der Waals surface area contributed by atoms with Crippen LogP contribution in [0.2, 0.25) is 0 Å². The van der Waals surface area contributed by atoms with Crippen molar-refractivity contribution >= 4 is 16.0 Å². The lowest BCUT2D eigenvalue weighted by Crippen LogP contribution is -2.36.